The van der Waals surface area contributed by atoms with Crippen LogP contribution in [0.2, 0.25) is 0 Å². The Balaban J connectivity index is 3.38. The van der Waals surface area contributed by atoms with E-state index in [2.05, 4.69) is 33.0 Å². The summed E-state index contributed by atoms with van der Waals surface area (Å²) in [7, 11) is 0. The fourth-order valence-electron chi connectivity index (χ4n) is 0.771. The van der Waals surface area contributed by atoms with Crippen LogP contribution in [0.5, 0.6) is 0 Å². The van der Waals surface area contributed by atoms with E-state index in [0.717, 1.165) is 25.6 Å². The van der Waals surface area contributed by atoms with Crippen molar-refractivity contribution in [1.29, 1.82) is 0 Å². The summed E-state index contributed by atoms with van der Waals surface area (Å²) in [5.41, 5.74) is 5.83. The molecule has 3 N–H and O–H groups in total. The molecule has 0 rings (SSSR count). The lowest BCUT2D eigenvalue weighted by Crippen LogP contribution is -2.36. The van der Waals surface area contributed by atoms with E-state index in [-0.39, 0.29) is 5.41 Å². The molecule has 0 radical (unpaired) electrons. The SMILES string of the molecule is CC(C)CNCC(C)(C)CN. The minimum atomic E-state index is 0.245. The lowest BCUT2D eigenvalue weighted by Gasteiger charge is -2.23. The first-order chi connectivity index (χ1) is 4.98. The van der Waals surface area contributed by atoms with Crippen LogP contribution in [-0.4, -0.2) is 19.6 Å². The average Bonchev–Trinajstić information content (AvgIpc) is 1.87. The van der Waals surface area contributed by atoms with Gasteiger partial charge in [-0.25, -0.2) is 0 Å². The van der Waals surface area contributed by atoms with Gasteiger partial charge in [-0.3, -0.25) is 0 Å². The van der Waals surface area contributed by atoms with E-state index >= 15 is 0 Å². The largest absolute Gasteiger partial charge is 0.330 e. The third-order valence-corrected chi connectivity index (χ3v) is 1.71. The topological polar surface area (TPSA) is 38.0 Å². The van der Waals surface area contributed by atoms with E-state index in [1.165, 1.54) is 0 Å². The van der Waals surface area contributed by atoms with Crippen molar-refractivity contribution < 1.29 is 0 Å². The molecule has 0 saturated carbocycles. The van der Waals surface area contributed by atoms with Crippen molar-refractivity contribution in [3.63, 3.8) is 0 Å². The first-order valence-electron chi connectivity index (χ1n) is 4.39. The molecule has 0 saturated heterocycles. The zero-order valence-electron chi connectivity index (χ0n) is 8.28. The molecule has 0 atom stereocenters. The second-order valence-corrected chi connectivity index (χ2v) is 4.39. The molecule has 11 heavy (non-hydrogen) atoms. The van der Waals surface area contributed by atoms with Gasteiger partial charge in [0.2, 0.25) is 0 Å². The highest BCUT2D eigenvalue weighted by Gasteiger charge is 2.14. The maximum absolute atomic E-state index is 5.58. The fraction of sp³-hybridized carbons (Fsp3) is 1.00. The Labute approximate surface area is 70.5 Å². The monoisotopic (exact) mass is 158 g/mol. The zero-order valence-corrected chi connectivity index (χ0v) is 8.28. The Kier molecular flexibility index (Phi) is 4.69. The average molecular weight is 158 g/mol. The zero-order chi connectivity index (χ0) is 8.91. The minimum Gasteiger partial charge on any atom is -0.330 e. The van der Waals surface area contributed by atoms with E-state index < -0.39 is 0 Å². The number of rotatable bonds is 5. The van der Waals surface area contributed by atoms with Gasteiger partial charge in [0.05, 0.1) is 0 Å². The predicted octanol–water partition coefficient (Wildman–Crippen LogP) is 1.22. The molecule has 68 valence electrons. The van der Waals surface area contributed by atoms with Crippen LogP contribution >= 0.6 is 0 Å². The standard InChI is InChI=1S/C9H22N2/c1-8(2)5-11-7-9(3,4)6-10/h8,11H,5-7,10H2,1-4H3. The van der Waals surface area contributed by atoms with E-state index in [1.807, 2.05) is 0 Å². The Bertz CT molecular complexity index is 97.7. The van der Waals surface area contributed by atoms with E-state index in [1.54, 1.807) is 0 Å². The molecular weight excluding hydrogens is 136 g/mol. The van der Waals surface area contributed by atoms with Gasteiger partial charge < -0.3 is 11.1 Å². The van der Waals surface area contributed by atoms with Crippen LogP contribution in [0.3, 0.4) is 0 Å². The molecule has 0 aromatic rings. The molecule has 0 spiro atoms. The summed E-state index contributed by atoms with van der Waals surface area (Å²) in [6.07, 6.45) is 0. The Morgan fingerprint density at radius 3 is 2.27 bits per heavy atom. The summed E-state index contributed by atoms with van der Waals surface area (Å²) >= 11 is 0. The van der Waals surface area contributed by atoms with Crippen molar-refractivity contribution in [3.05, 3.63) is 0 Å². The van der Waals surface area contributed by atoms with E-state index in [9.17, 15) is 0 Å². The van der Waals surface area contributed by atoms with Gasteiger partial charge >= 0.3 is 0 Å². The summed E-state index contributed by atoms with van der Waals surface area (Å²) in [5.74, 6) is 0.726. The predicted molar refractivity (Wildman–Crippen MR) is 50.5 cm³/mol. The van der Waals surface area contributed by atoms with Crippen molar-refractivity contribution in [2.24, 2.45) is 17.1 Å². The number of nitrogens with one attached hydrogen (secondary N) is 1. The van der Waals surface area contributed by atoms with Crippen LogP contribution < -0.4 is 11.1 Å². The molecule has 0 aliphatic rings. The normalized spacial score (nSPS) is 12.5. The van der Waals surface area contributed by atoms with Crippen LogP contribution in [0.4, 0.5) is 0 Å². The van der Waals surface area contributed by atoms with Gasteiger partial charge in [-0.05, 0) is 24.4 Å². The van der Waals surface area contributed by atoms with Crippen molar-refractivity contribution in [2.75, 3.05) is 19.6 Å². The van der Waals surface area contributed by atoms with Crippen LogP contribution in [0.1, 0.15) is 27.7 Å². The molecule has 0 heterocycles. The van der Waals surface area contributed by atoms with Crippen LogP contribution in [-0.2, 0) is 0 Å². The highest BCUT2D eigenvalue weighted by atomic mass is 14.9. The van der Waals surface area contributed by atoms with Crippen LogP contribution in [0.15, 0.2) is 0 Å². The summed E-state index contributed by atoms with van der Waals surface area (Å²) in [4.78, 5) is 0. The van der Waals surface area contributed by atoms with Crippen molar-refractivity contribution >= 4 is 0 Å². The maximum Gasteiger partial charge on any atom is 0.00147 e. The molecule has 0 aliphatic heterocycles. The summed E-state index contributed by atoms with van der Waals surface area (Å²) < 4.78 is 0. The summed E-state index contributed by atoms with van der Waals surface area (Å²) in [6.45, 7) is 11.6. The van der Waals surface area contributed by atoms with E-state index in [0.29, 0.717) is 0 Å². The van der Waals surface area contributed by atoms with Crippen LogP contribution in [0.25, 0.3) is 0 Å². The second kappa shape index (κ2) is 4.73. The molecule has 2 heteroatoms. The van der Waals surface area contributed by atoms with Gasteiger partial charge in [0, 0.05) is 6.54 Å². The second-order valence-electron chi connectivity index (χ2n) is 4.39. The Hall–Kier alpha value is -0.0800. The van der Waals surface area contributed by atoms with Gasteiger partial charge in [0.1, 0.15) is 0 Å². The third kappa shape index (κ3) is 6.32. The highest BCUT2D eigenvalue weighted by molar-refractivity contribution is 4.72. The van der Waals surface area contributed by atoms with Gasteiger partial charge in [0.25, 0.3) is 0 Å². The Morgan fingerprint density at radius 2 is 1.91 bits per heavy atom. The summed E-state index contributed by atoms with van der Waals surface area (Å²) in [5, 5.41) is 3.40. The molecule has 0 aromatic carbocycles. The van der Waals surface area contributed by atoms with Gasteiger partial charge in [-0.1, -0.05) is 27.7 Å². The fourth-order valence-corrected chi connectivity index (χ4v) is 0.771. The quantitative estimate of drug-likeness (QED) is 0.631. The molecule has 0 fully saturated rings. The van der Waals surface area contributed by atoms with E-state index in [4.69, 9.17) is 5.73 Å². The van der Waals surface area contributed by atoms with Gasteiger partial charge in [0.15, 0.2) is 0 Å². The lowest BCUT2D eigenvalue weighted by atomic mass is 9.94. The molecule has 0 bridgehead atoms. The maximum atomic E-state index is 5.58. The lowest BCUT2D eigenvalue weighted by molar-refractivity contribution is 0.343. The molecule has 0 amide bonds. The summed E-state index contributed by atoms with van der Waals surface area (Å²) in [6, 6.07) is 0. The first-order valence-corrected chi connectivity index (χ1v) is 4.39. The van der Waals surface area contributed by atoms with Crippen molar-refractivity contribution in [3.8, 4) is 0 Å². The third-order valence-electron chi connectivity index (χ3n) is 1.71. The smallest absolute Gasteiger partial charge is 0.00147 e. The van der Waals surface area contributed by atoms with Gasteiger partial charge in [-0.15, -0.1) is 0 Å². The van der Waals surface area contributed by atoms with Crippen LogP contribution in [0, 0.1) is 11.3 Å². The van der Waals surface area contributed by atoms with Gasteiger partial charge in [-0.2, -0.15) is 0 Å². The number of hydrogen-bond donors (Lipinski definition) is 2. The highest BCUT2D eigenvalue weighted by Crippen LogP contribution is 2.09. The first kappa shape index (κ1) is 10.9. The molecule has 0 aromatic heterocycles. The number of nitrogens with two attached hydrogens (primary N) is 1. The minimum absolute atomic E-state index is 0.245. The molecule has 2 nitrogen and oxygen atoms in total. The molecular formula is C9H22N2. The number of hydrogen-bond acceptors (Lipinski definition) is 2. The Morgan fingerprint density at radius 1 is 1.36 bits per heavy atom. The molecule has 0 unspecified atom stereocenters. The molecule has 0 aliphatic carbocycles. The van der Waals surface area contributed by atoms with Crippen molar-refractivity contribution in [1.82, 2.24) is 5.32 Å². The van der Waals surface area contributed by atoms with Crippen molar-refractivity contribution in [2.45, 2.75) is 27.7 Å².